The molecule has 1 aromatic heterocycles. The van der Waals surface area contributed by atoms with E-state index in [0.29, 0.717) is 12.4 Å². The predicted molar refractivity (Wildman–Crippen MR) is 83.3 cm³/mol. The first-order valence-corrected chi connectivity index (χ1v) is 7.39. The maximum Gasteiger partial charge on any atom is 0.255 e. The summed E-state index contributed by atoms with van der Waals surface area (Å²) in [5, 5.41) is 0. The molecule has 2 heterocycles. The molecule has 1 aliphatic rings. The summed E-state index contributed by atoms with van der Waals surface area (Å²) < 4.78 is 0. The molecular weight excluding hydrogens is 262 g/mol. The van der Waals surface area contributed by atoms with Gasteiger partial charge in [-0.05, 0) is 26.3 Å². The first-order chi connectivity index (χ1) is 10.0. The minimum atomic E-state index is 0.0163. The van der Waals surface area contributed by atoms with E-state index < -0.39 is 0 Å². The Kier molecular flexibility index (Phi) is 3.64. The maximum absolute atomic E-state index is 12.1. The van der Waals surface area contributed by atoms with Crippen LogP contribution in [0.4, 0.5) is 0 Å². The predicted octanol–water partition coefficient (Wildman–Crippen LogP) is 2.25. The van der Waals surface area contributed by atoms with Crippen molar-refractivity contribution in [3.8, 4) is 0 Å². The number of rotatable bonds is 2. The summed E-state index contributed by atoms with van der Waals surface area (Å²) in [6, 6.07) is 6.63. The average Bonchev–Trinajstić information content (AvgIpc) is 2.38. The van der Waals surface area contributed by atoms with Crippen molar-refractivity contribution < 1.29 is 0 Å². The van der Waals surface area contributed by atoms with Gasteiger partial charge in [0.15, 0.2) is 0 Å². The van der Waals surface area contributed by atoms with Gasteiger partial charge in [0.2, 0.25) is 0 Å². The van der Waals surface area contributed by atoms with Crippen LogP contribution in [0.25, 0.3) is 0 Å². The molecule has 0 atom stereocenters. The van der Waals surface area contributed by atoms with Crippen molar-refractivity contribution in [3.05, 3.63) is 62.3 Å². The Balaban J connectivity index is 1.82. The van der Waals surface area contributed by atoms with E-state index in [9.17, 15) is 4.79 Å². The van der Waals surface area contributed by atoms with E-state index in [-0.39, 0.29) is 5.56 Å². The Morgan fingerprint density at radius 3 is 2.62 bits per heavy atom. The highest BCUT2D eigenvalue weighted by molar-refractivity contribution is 5.29. The van der Waals surface area contributed by atoms with Crippen LogP contribution in [0.15, 0.2) is 23.0 Å². The van der Waals surface area contributed by atoms with Crippen LogP contribution >= 0.6 is 0 Å². The molecule has 0 fully saturated rings. The van der Waals surface area contributed by atoms with Crippen LogP contribution in [0, 0.1) is 20.8 Å². The van der Waals surface area contributed by atoms with Gasteiger partial charge < -0.3 is 4.98 Å². The molecule has 0 spiro atoms. The minimum absolute atomic E-state index is 0.0163. The Morgan fingerprint density at radius 2 is 1.90 bits per heavy atom. The van der Waals surface area contributed by atoms with Crippen molar-refractivity contribution >= 4 is 0 Å². The van der Waals surface area contributed by atoms with Crippen LogP contribution in [0.5, 0.6) is 0 Å². The van der Waals surface area contributed by atoms with Gasteiger partial charge in [-0.2, -0.15) is 0 Å². The molecule has 3 rings (SSSR count). The Hall–Kier alpha value is -1.94. The number of hydrogen-bond donors (Lipinski definition) is 1. The molecule has 0 radical (unpaired) electrons. The van der Waals surface area contributed by atoms with Gasteiger partial charge in [0.25, 0.3) is 5.56 Å². The fourth-order valence-corrected chi connectivity index (χ4v) is 3.16. The lowest BCUT2D eigenvalue weighted by molar-refractivity contribution is 0.241. The molecule has 1 N–H and O–H groups in total. The molecule has 0 saturated carbocycles. The van der Waals surface area contributed by atoms with Crippen LogP contribution in [0.3, 0.4) is 0 Å². The lowest BCUT2D eigenvalue weighted by Crippen LogP contribution is -2.35. The zero-order valence-corrected chi connectivity index (χ0v) is 12.9. The van der Waals surface area contributed by atoms with Gasteiger partial charge in [-0.3, -0.25) is 9.69 Å². The fourth-order valence-electron chi connectivity index (χ4n) is 3.16. The van der Waals surface area contributed by atoms with E-state index in [1.165, 1.54) is 16.7 Å². The van der Waals surface area contributed by atoms with E-state index in [1.807, 2.05) is 6.92 Å². The molecule has 1 aromatic carbocycles. The number of hydrogen-bond acceptors (Lipinski definition) is 3. The van der Waals surface area contributed by atoms with Crippen molar-refractivity contribution in [3.63, 3.8) is 0 Å². The quantitative estimate of drug-likeness (QED) is 0.919. The summed E-state index contributed by atoms with van der Waals surface area (Å²) >= 11 is 0. The summed E-state index contributed by atoms with van der Waals surface area (Å²) in [6.07, 6.45) is 0.852. The van der Waals surface area contributed by atoms with Crippen LogP contribution in [0.2, 0.25) is 0 Å². The lowest BCUT2D eigenvalue weighted by atomic mass is 10.0. The van der Waals surface area contributed by atoms with Crippen LogP contribution in [-0.4, -0.2) is 21.4 Å². The topological polar surface area (TPSA) is 49.0 Å². The highest BCUT2D eigenvalue weighted by Crippen LogP contribution is 2.17. The number of nitrogens with zero attached hydrogens (tertiary/aromatic N) is 2. The van der Waals surface area contributed by atoms with Crippen molar-refractivity contribution in [2.45, 2.75) is 40.3 Å². The molecule has 2 aromatic rings. The van der Waals surface area contributed by atoms with Crippen LogP contribution in [-0.2, 0) is 19.5 Å². The third kappa shape index (κ3) is 3.05. The normalized spacial score (nSPS) is 15.0. The molecule has 0 unspecified atom stereocenters. The van der Waals surface area contributed by atoms with Gasteiger partial charge in [0.1, 0.15) is 5.82 Å². The monoisotopic (exact) mass is 283 g/mol. The van der Waals surface area contributed by atoms with Crippen molar-refractivity contribution in [2.75, 3.05) is 6.54 Å². The van der Waals surface area contributed by atoms with E-state index in [0.717, 1.165) is 30.8 Å². The van der Waals surface area contributed by atoms with E-state index in [2.05, 4.69) is 46.9 Å². The Morgan fingerprint density at radius 1 is 1.19 bits per heavy atom. The maximum atomic E-state index is 12.1. The number of aryl methyl sites for hydroxylation is 3. The first-order valence-electron chi connectivity index (χ1n) is 7.39. The highest BCUT2D eigenvalue weighted by Gasteiger charge is 2.20. The van der Waals surface area contributed by atoms with Gasteiger partial charge in [0, 0.05) is 26.1 Å². The SMILES string of the molecule is Cc1cc(C)cc(CN2CCc3nc(C)[nH]c(=O)c3C2)c1. The molecule has 110 valence electrons. The fraction of sp³-hybridized carbons (Fsp3) is 0.412. The van der Waals surface area contributed by atoms with Crippen molar-refractivity contribution in [2.24, 2.45) is 0 Å². The molecule has 0 bridgehead atoms. The second kappa shape index (κ2) is 5.45. The minimum Gasteiger partial charge on any atom is -0.310 e. The first kappa shape index (κ1) is 14.0. The zero-order chi connectivity index (χ0) is 15.0. The summed E-state index contributed by atoms with van der Waals surface area (Å²) in [7, 11) is 0. The Labute approximate surface area is 124 Å². The van der Waals surface area contributed by atoms with E-state index in [1.54, 1.807) is 0 Å². The molecule has 4 nitrogen and oxygen atoms in total. The van der Waals surface area contributed by atoms with E-state index in [4.69, 9.17) is 0 Å². The average molecular weight is 283 g/mol. The summed E-state index contributed by atoms with van der Waals surface area (Å²) in [5.74, 6) is 0.710. The Bertz CT molecular complexity index is 713. The van der Waals surface area contributed by atoms with Crippen LogP contribution < -0.4 is 5.56 Å². The zero-order valence-electron chi connectivity index (χ0n) is 12.9. The van der Waals surface area contributed by atoms with Gasteiger partial charge in [0.05, 0.1) is 11.3 Å². The third-order valence-corrected chi connectivity index (χ3v) is 3.95. The second-order valence-corrected chi connectivity index (χ2v) is 6.03. The molecule has 0 amide bonds. The van der Waals surface area contributed by atoms with Gasteiger partial charge in [-0.1, -0.05) is 29.3 Å². The second-order valence-electron chi connectivity index (χ2n) is 6.03. The number of aromatic amines is 1. The summed E-state index contributed by atoms with van der Waals surface area (Å²) in [4.78, 5) is 21.7. The molecule has 0 aliphatic carbocycles. The number of H-pyrrole nitrogens is 1. The molecule has 1 aliphatic heterocycles. The van der Waals surface area contributed by atoms with Crippen LogP contribution in [0.1, 0.15) is 33.8 Å². The highest BCUT2D eigenvalue weighted by atomic mass is 16.1. The largest absolute Gasteiger partial charge is 0.310 e. The number of aromatic nitrogens is 2. The molecular formula is C17H21N3O. The van der Waals surface area contributed by atoms with Gasteiger partial charge in [-0.15, -0.1) is 0 Å². The number of fused-ring (bicyclic) bond motifs is 1. The van der Waals surface area contributed by atoms with E-state index >= 15 is 0 Å². The molecule has 4 heteroatoms. The number of benzene rings is 1. The van der Waals surface area contributed by atoms with Gasteiger partial charge in [-0.25, -0.2) is 4.98 Å². The summed E-state index contributed by atoms with van der Waals surface area (Å²) in [5.41, 5.74) is 5.70. The molecule has 21 heavy (non-hydrogen) atoms. The summed E-state index contributed by atoms with van der Waals surface area (Å²) in [6.45, 7) is 8.61. The smallest absolute Gasteiger partial charge is 0.255 e. The number of nitrogens with one attached hydrogen (secondary N) is 1. The van der Waals surface area contributed by atoms with Gasteiger partial charge >= 0.3 is 0 Å². The lowest BCUT2D eigenvalue weighted by Gasteiger charge is -2.27. The third-order valence-electron chi connectivity index (χ3n) is 3.95. The van der Waals surface area contributed by atoms with Crippen molar-refractivity contribution in [1.29, 1.82) is 0 Å². The standard InChI is InChI=1S/C17H21N3O/c1-11-6-12(2)8-14(7-11)9-20-5-4-16-15(10-20)17(21)19-13(3)18-16/h6-8H,4-5,9-10H2,1-3H3,(H,18,19,21). The molecule has 0 saturated heterocycles. The van der Waals surface area contributed by atoms with Crippen molar-refractivity contribution in [1.82, 2.24) is 14.9 Å².